The Labute approximate surface area is 140 Å². The van der Waals surface area contributed by atoms with Gasteiger partial charge < -0.3 is 15.4 Å². The Kier molecular flexibility index (Phi) is 7.60. The molecule has 0 unspecified atom stereocenters. The van der Waals surface area contributed by atoms with Gasteiger partial charge in [0.25, 0.3) is 0 Å². The fourth-order valence-corrected chi connectivity index (χ4v) is 2.52. The lowest BCUT2D eigenvalue weighted by atomic mass is 10.2. The van der Waals surface area contributed by atoms with Crippen molar-refractivity contribution in [2.45, 2.75) is 11.4 Å². The topological polar surface area (TPSA) is 50.8 Å². The van der Waals surface area contributed by atoms with Crippen molar-refractivity contribution in [3.8, 4) is 0 Å². The Morgan fingerprint density at radius 2 is 2.15 bits per heavy atom. The molecule has 0 bridgehead atoms. The second-order valence-electron chi connectivity index (χ2n) is 4.23. The van der Waals surface area contributed by atoms with Crippen LogP contribution in [0, 0.1) is 5.82 Å². The Morgan fingerprint density at radius 3 is 2.80 bits per heavy atom. The van der Waals surface area contributed by atoms with E-state index in [-0.39, 0.29) is 29.8 Å². The van der Waals surface area contributed by atoms with E-state index in [2.05, 4.69) is 4.99 Å². The van der Waals surface area contributed by atoms with E-state index in [0.717, 1.165) is 23.5 Å². The first-order valence-corrected chi connectivity index (χ1v) is 7.38. The van der Waals surface area contributed by atoms with Gasteiger partial charge in [-0.2, -0.15) is 0 Å². The quantitative estimate of drug-likeness (QED) is 0.359. The molecule has 1 aliphatic heterocycles. The number of thioether (sulfide) groups is 1. The third-order valence-electron chi connectivity index (χ3n) is 2.99. The van der Waals surface area contributed by atoms with Gasteiger partial charge in [-0.3, -0.25) is 0 Å². The molecule has 0 radical (unpaired) electrons. The van der Waals surface area contributed by atoms with E-state index in [1.807, 2.05) is 11.2 Å². The normalized spacial score (nSPS) is 15.9. The molecule has 0 aliphatic carbocycles. The van der Waals surface area contributed by atoms with Crippen LogP contribution in [0.15, 0.2) is 28.1 Å². The minimum absolute atomic E-state index is 0. The molecule has 7 heteroatoms. The molecule has 0 saturated carbocycles. The molecule has 1 aromatic carbocycles. The maximum Gasteiger partial charge on any atom is 0.191 e. The zero-order valence-corrected chi connectivity index (χ0v) is 14.5. The summed E-state index contributed by atoms with van der Waals surface area (Å²) in [6, 6.07) is 4.75. The second-order valence-corrected chi connectivity index (χ2v) is 5.08. The third kappa shape index (κ3) is 4.78. The van der Waals surface area contributed by atoms with E-state index in [0.29, 0.717) is 25.7 Å². The van der Waals surface area contributed by atoms with Crippen LogP contribution < -0.4 is 5.73 Å². The predicted molar refractivity (Wildman–Crippen MR) is 91.3 cm³/mol. The summed E-state index contributed by atoms with van der Waals surface area (Å²) in [5, 5.41) is 0. The molecule has 1 fully saturated rings. The van der Waals surface area contributed by atoms with E-state index in [4.69, 9.17) is 10.5 Å². The van der Waals surface area contributed by atoms with Crippen molar-refractivity contribution in [3.05, 3.63) is 29.6 Å². The lowest BCUT2D eigenvalue weighted by Gasteiger charge is -2.27. The van der Waals surface area contributed by atoms with Crippen molar-refractivity contribution in [2.24, 2.45) is 10.7 Å². The van der Waals surface area contributed by atoms with Gasteiger partial charge in [0, 0.05) is 18.0 Å². The Hall–Kier alpha value is -0.540. The average Bonchev–Trinajstić information content (AvgIpc) is 2.46. The number of nitrogens with two attached hydrogens (primary N) is 1. The summed E-state index contributed by atoms with van der Waals surface area (Å²) in [4.78, 5) is 7.37. The maximum absolute atomic E-state index is 13.2. The van der Waals surface area contributed by atoms with Crippen LogP contribution in [0.5, 0.6) is 0 Å². The Balaban J connectivity index is 0.00000200. The smallest absolute Gasteiger partial charge is 0.191 e. The first-order chi connectivity index (χ1) is 9.20. The summed E-state index contributed by atoms with van der Waals surface area (Å²) < 4.78 is 18.5. The summed E-state index contributed by atoms with van der Waals surface area (Å²) in [5.74, 6) is 0.257. The zero-order valence-electron chi connectivity index (χ0n) is 11.3. The van der Waals surface area contributed by atoms with E-state index in [1.165, 1.54) is 12.1 Å². The zero-order chi connectivity index (χ0) is 13.7. The first kappa shape index (κ1) is 17.5. The van der Waals surface area contributed by atoms with E-state index < -0.39 is 0 Å². The van der Waals surface area contributed by atoms with Crippen LogP contribution in [0.3, 0.4) is 0 Å². The third-order valence-corrected chi connectivity index (χ3v) is 3.83. The van der Waals surface area contributed by atoms with Crippen LogP contribution in [-0.2, 0) is 11.3 Å². The van der Waals surface area contributed by atoms with Crippen LogP contribution in [0.2, 0.25) is 0 Å². The molecule has 20 heavy (non-hydrogen) atoms. The fraction of sp³-hybridized carbons (Fsp3) is 0.462. The molecular formula is C13H19FIN3OS. The van der Waals surface area contributed by atoms with E-state index >= 15 is 0 Å². The SMILES string of the molecule is CSc1ccc(F)cc1CN=C(N)N1CCOCC1.I. The standard InChI is InChI=1S/C13H18FN3OS.HI/c1-19-12-3-2-11(14)8-10(12)9-16-13(15)17-4-6-18-7-5-17;/h2-3,8H,4-7,9H2,1H3,(H2,15,16);1H. The monoisotopic (exact) mass is 411 g/mol. The van der Waals surface area contributed by atoms with Gasteiger partial charge in [-0.05, 0) is 30.0 Å². The minimum Gasteiger partial charge on any atom is -0.378 e. The first-order valence-electron chi connectivity index (χ1n) is 6.15. The number of aliphatic imine (C=N–C) groups is 1. The molecule has 2 N–H and O–H groups in total. The molecule has 1 saturated heterocycles. The van der Waals surface area contributed by atoms with E-state index in [1.54, 1.807) is 17.8 Å². The predicted octanol–water partition coefficient (Wildman–Crippen LogP) is 2.31. The fourth-order valence-electron chi connectivity index (χ4n) is 1.93. The van der Waals surface area contributed by atoms with Gasteiger partial charge in [0.05, 0.1) is 19.8 Å². The number of nitrogens with zero attached hydrogens (tertiary/aromatic N) is 2. The molecule has 1 aromatic rings. The minimum atomic E-state index is -0.243. The molecule has 0 amide bonds. The number of morpholine rings is 1. The van der Waals surface area contributed by atoms with Crippen LogP contribution >= 0.6 is 35.7 Å². The summed E-state index contributed by atoms with van der Waals surface area (Å²) in [7, 11) is 0. The molecule has 1 aliphatic rings. The summed E-state index contributed by atoms with van der Waals surface area (Å²) in [5.41, 5.74) is 6.81. The number of hydrogen-bond donors (Lipinski definition) is 1. The van der Waals surface area contributed by atoms with Gasteiger partial charge in [-0.1, -0.05) is 0 Å². The largest absolute Gasteiger partial charge is 0.378 e. The average molecular weight is 411 g/mol. The molecular weight excluding hydrogens is 392 g/mol. The molecule has 0 atom stereocenters. The van der Waals surface area contributed by atoms with Gasteiger partial charge >= 0.3 is 0 Å². The van der Waals surface area contributed by atoms with Crippen molar-refractivity contribution >= 4 is 41.7 Å². The molecule has 0 aromatic heterocycles. The van der Waals surface area contributed by atoms with Gasteiger partial charge in [-0.25, -0.2) is 9.38 Å². The molecule has 1 heterocycles. The Morgan fingerprint density at radius 1 is 1.45 bits per heavy atom. The Bertz CT molecular complexity index is 467. The highest BCUT2D eigenvalue weighted by Gasteiger charge is 2.12. The number of hydrogen-bond acceptors (Lipinski definition) is 3. The second kappa shape index (κ2) is 8.68. The van der Waals surface area contributed by atoms with Crippen molar-refractivity contribution in [1.82, 2.24) is 4.90 Å². The van der Waals surface area contributed by atoms with Gasteiger partial charge in [0.15, 0.2) is 5.96 Å². The number of halogens is 2. The summed E-state index contributed by atoms with van der Waals surface area (Å²) >= 11 is 1.58. The van der Waals surface area contributed by atoms with Crippen LogP contribution in [0.25, 0.3) is 0 Å². The summed E-state index contributed by atoms with van der Waals surface area (Å²) in [6.45, 7) is 3.26. The molecule has 0 spiro atoms. The van der Waals surface area contributed by atoms with Gasteiger partial charge in [0.2, 0.25) is 0 Å². The van der Waals surface area contributed by atoms with Gasteiger partial charge in [-0.15, -0.1) is 35.7 Å². The number of benzene rings is 1. The van der Waals surface area contributed by atoms with Crippen molar-refractivity contribution in [3.63, 3.8) is 0 Å². The number of rotatable bonds is 3. The number of guanidine groups is 1. The highest BCUT2D eigenvalue weighted by molar-refractivity contribution is 14.0. The van der Waals surface area contributed by atoms with Crippen LogP contribution in [-0.4, -0.2) is 43.4 Å². The number of ether oxygens (including phenoxy) is 1. The van der Waals surface area contributed by atoms with Crippen LogP contribution in [0.4, 0.5) is 4.39 Å². The van der Waals surface area contributed by atoms with Crippen molar-refractivity contribution < 1.29 is 9.13 Å². The molecule has 112 valence electrons. The highest BCUT2D eigenvalue weighted by Crippen LogP contribution is 2.22. The van der Waals surface area contributed by atoms with Crippen molar-refractivity contribution in [1.29, 1.82) is 0 Å². The maximum atomic E-state index is 13.2. The van der Waals surface area contributed by atoms with E-state index in [9.17, 15) is 4.39 Å². The van der Waals surface area contributed by atoms with Crippen molar-refractivity contribution in [2.75, 3.05) is 32.6 Å². The highest BCUT2D eigenvalue weighted by atomic mass is 127. The molecule has 4 nitrogen and oxygen atoms in total. The van der Waals surface area contributed by atoms with Gasteiger partial charge in [0.1, 0.15) is 5.82 Å². The molecule has 2 rings (SSSR count). The lowest BCUT2D eigenvalue weighted by Crippen LogP contribution is -2.44. The lowest BCUT2D eigenvalue weighted by molar-refractivity contribution is 0.0674. The summed E-state index contributed by atoms with van der Waals surface area (Å²) in [6.07, 6.45) is 1.96. The van der Waals surface area contributed by atoms with Crippen LogP contribution in [0.1, 0.15) is 5.56 Å².